The molecule has 0 bridgehead atoms. The Bertz CT molecular complexity index is 433. The Morgan fingerprint density at radius 3 is 3.17 bits per heavy atom. The van der Waals surface area contributed by atoms with Crippen molar-refractivity contribution in [3.05, 3.63) is 10.4 Å². The topological polar surface area (TPSA) is 62.7 Å². The number of hydrogen-bond acceptors (Lipinski definition) is 5. The minimum atomic E-state index is -0.299. The highest BCUT2D eigenvalue weighted by Crippen LogP contribution is 2.36. The van der Waals surface area contributed by atoms with E-state index in [2.05, 4.69) is 11.3 Å². The normalized spacial score (nSPS) is 18.6. The number of carbonyl (C=O) groups is 1. The van der Waals surface area contributed by atoms with E-state index in [0.29, 0.717) is 19.7 Å². The van der Waals surface area contributed by atoms with Crippen LogP contribution in [0.5, 0.6) is 5.88 Å². The lowest BCUT2D eigenvalue weighted by molar-refractivity contribution is 0.0936. The number of rotatable bonds is 3. The van der Waals surface area contributed by atoms with E-state index in [4.69, 9.17) is 4.74 Å². The Balaban J connectivity index is 2.01. The summed E-state index contributed by atoms with van der Waals surface area (Å²) < 4.78 is 9.13. The third kappa shape index (κ3) is 2.58. The Morgan fingerprint density at radius 1 is 1.67 bits per heavy atom. The first-order valence-corrected chi connectivity index (χ1v) is 7.00. The highest BCUT2D eigenvalue weighted by atomic mass is 32.1. The SMILES string of the molecule is CCCCOC(=O)N1Cc2c(O)nsc2C(C)C1. The molecule has 1 N–H and O–H groups in total. The second kappa shape index (κ2) is 5.56. The zero-order valence-corrected chi connectivity index (χ0v) is 11.5. The summed E-state index contributed by atoms with van der Waals surface area (Å²) in [5, 5.41) is 9.65. The summed E-state index contributed by atoms with van der Waals surface area (Å²) in [7, 11) is 0. The number of hydrogen-bond donors (Lipinski definition) is 1. The molecule has 1 aromatic heterocycles. The first-order valence-electron chi connectivity index (χ1n) is 6.22. The largest absolute Gasteiger partial charge is 0.492 e. The van der Waals surface area contributed by atoms with E-state index >= 15 is 0 Å². The highest BCUT2D eigenvalue weighted by Gasteiger charge is 2.30. The van der Waals surface area contributed by atoms with Crippen molar-refractivity contribution in [1.29, 1.82) is 0 Å². The average molecular weight is 270 g/mol. The third-order valence-corrected chi connectivity index (χ3v) is 4.18. The maximum absolute atomic E-state index is 11.9. The molecule has 1 atom stereocenters. The first-order chi connectivity index (χ1) is 8.63. The predicted molar refractivity (Wildman–Crippen MR) is 68.9 cm³/mol. The molecule has 1 aliphatic rings. The Morgan fingerprint density at radius 2 is 2.44 bits per heavy atom. The second-order valence-electron chi connectivity index (χ2n) is 4.60. The molecule has 0 aromatic carbocycles. The van der Waals surface area contributed by atoms with Crippen LogP contribution in [-0.2, 0) is 11.3 Å². The number of carbonyl (C=O) groups excluding carboxylic acids is 1. The zero-order valence-electron chi connectivity index (χ0n) is 10.7. The molecule has 0 saturated carbocycles. The van der Waals surface area contributed by atoms with Crippen LogP contribution in [0.15, 0.2) is 0 Å². The zero-order chi connectivity index (χ0) is 13.1. The molecular formula is C12H18N2O3S. The van der Waals surface area contributed by atoms with Crippen molar-refractivity contribution < 1.29 is 14.6 Å². The lowest BCUT2D eigenvalue weighted by atomic mass is 10.0. The summed E-state index contributed by atoms with van der Waals surface area (Å²) in [5.41, 5.74) is 0.770. The van der Waals surface area contributed by atoms with Crippen molar-refractivity contribution >= 4 is 17.6 Å². The van der Waals surface area contributed by atoms with E-state index < -0.39 is 0 Å². The number of aromatic nitrogens is 1. The van der Waals surface area contributed by atoms with Crippen LogP contribution in [0.25, 0.3) is 0 Å². The monoisotopic (exact) mass is 270 g/mol. The molecule has 6 heteroatoms. The predicted octanol–water partition coefficient (Wildman–Crippen LogP) is 2.70. The van der Waals surface area contributed by atoms with Gasteiger partial charge in [0.05, 0.1) is 13.2 Å². The lowest BCUT2D eigenvalue weighted by Gasteiger charge is -2.29. The fourth-order valence-corrected chi connectivity index (χ4v) is 2.87. The van der Waals surface area contributed by atoms with Crippen LogP contribution in [0.3, 0.4) is 0 Å². The summed E-state index contributed by atoms with van der Waals surface area (Å²) in [4.78, 5) is 14.6. The molecule has 2 rings (SSSR count). The Hall–Kier alpha value is -1.30. The molecule has 0 spiro atoms. The second-order valence-corrected chi connectivity index (χ2v) is 5.40. The molecule has 0 saturated heterocycles. The summed E-state index contributed by atoms with van der Waals surface area (Å²) in [6.07, 6.45) is 1.58. The Kier molecular flexibility index (Phi) is 4.06. The van der Waals surface area contributed by atoms with Crippen molar-refractivity contribution in [3.63, 3.8) is 0 Å². The smallest absolute Gasteiger partial charge is 0.410 e. The van der Waals surface area contributed by atoms with Gasteiger partial charge < -0.3 is 14.7 Å². The number of amides is 1. The molecule has 2 heterocycles. The van der Waals surface area contributed by atoms with Crippen molar-refractivity contribution in [2.24, 2.45) is 0 Å². The van der Waals surface area contributed by atoms with E-state index in [0.717, 1.165) is 23.3 Å². The molecule has 0 radical (unpaired) electrons. The number of nitrogens with zero attached hydrogens (tertiary/aromatic N) is 2. The fourth-order valence-electron chi connectivity index (χ4n) is 2.05. The standard InChI is InChI=1S/C12H18N2O3S/c1-3-4-5-17-12(16)14-6-8(2)10-9(7-14)11(15)13-18-10/h8H,3-7H2,1-2H3,(H,13,15). The molecular weight excluding hydrogens is 252 g/mol. The van der Waals surface area contributed by atoms with Gasteiger partial charge in [-0.1, -0.05) is 20.3 Å². The van der Waals surface area contributed by atoms with E-state index in [1.54, 1.807) is 4.90 Å². The van der Waals surface area contributed by atoms with E-state index in [9.17, 15) is 9.90 Å². The van der Waals surface area contributed by atoms with Gasteiger partial charge in [-0.25, -0.2) is 4.79 Å². The van der Waals surface area contributed by atoms with E-state index in [1.807, 2.05) is 6.92 Å². The number of fused-ring (bicyclic) bond motifs is 1. The van der Waals surface area contributed by atoms with Gasteiger partial charge in [0.25, 0.3) is 0 Å². The minimum absolute atomic E-state index is 0.0490. The van der Waals surface area contributed by atoms with Crippen LogP contribution >= 0.6 is 11.5 Å². The molecule has 1 amide bonds. The quantitative estimate of drug-likeness (QED) is 0.858. The van der Waals surface area contributed by atoms with Crippen LogP contribution in [-0.4, -0.2) is 33.6 Å². The van der Waals surface area contributed by atoms with Gasteiger partial charge >= 0.3 is 6.09 Å². The van der Waals surface area contributed by atoms with Crippen molar-refractivity contribution in [2.75, 3.05) is 13.2 Å². The molecule has 1 aromatic rings. The maximum Gasteiger partial charge on any atom is 0.410 e. The summed E-state index contributed by atoms with van der Waals surface area (Å²) in [6, 6.07) is 0. The third-order valence-electron chi connectivity index (χ3n) is 3.07. The van der Waals surface area contributed by atoms with Crippen LogP contribution in [0, 0.1) is 0 Å². The lowest BCUT2D eigenvalue weighted by Crippen LogP contribution is -2.37. The van der Waals surface area contributed by atoms with Gasteiger partial charge in [-0.3, -0.25) is 0 Å². The van der Waals surface area contributed by atoms with Crippen LogP contribution in [0.2, 0.25) is 0 Å². The Labute approximate surface area is 111 Å². The van der Waals surface area contributed by atoms with Crippen LogP contribution in [0.4, 0.5) is 4.79 Å². The van der Waals surface area contributed by atoms with Gasteiger partial charge in [0.2, 0.25) is 5.88 Å². The number of unbranched alkanes of at least 4 members (excludes halogenated alkanes) is 1. The summed E-state index contributed by atoms with van der Waals surface area (Å²) in [6.45, 7) is 5.56. The maximum atomic E-state index is 11.9. The fraction of sp³-hybridized carbons (Fsp3) is 0.667. The van der Waals surface area contributed by atoms with E-state index in [-0.39, 0.29) is 17.9 Å². The molecule has 1 unspecified atom stereocenters. The highest BCUT2D eigenvalue weighted by molar-refractivity contribution is 7.06. The van der Waals surface area contributed by atoms with Gasteiger partial charge in [-0.15, -0.1) is 0 Å². The van der Waals surface area contributed by atoms with Gasteiger partial charge in [0.1, 0.15) is 0 Å². The number of aromatic hydroxyl groups is 1. The molecule has 0 aliphatic carbocycles. The molecule has 18 heavy (non-hydrogen) atoms. The van der Waals surface area contributed by atoms with Gasteiger partial charge in [0.15, 0.2) is 0 Å². The summed E-state index contributed by atoms with van der Waals surface area (Å²) >= 11 is 1.32. The molecule has 0 fully saturated rings. The van der Waals surface area contributed by atoms with Crippen molar-refractivity contribution in [1.82, 2.24) is 9.27 Å². The van der Waals surface area contributed by atoms with Crippen molar-refractivity contribution in [3.8, 4) is 5.88 Å². The van der Waals surface area contributed by atoms with Gasteiger partial charge in [-0.05, 0) is 18.0 Å². The molecule has 5 nitrogen and oxygen atoms in total. The van der Waals surface area contributed by atoms with E-state index in [1.165, 1.54) is 11.5 Å². The van der Waals surface area contributed by atoms with Gasteiger partial charge in [-0.2, -0.15) is 4.37 Å². The van der Waals surface area contributed by atoms with Crippen LogP contribution in [0.1, 0.15) is 43.0 Å². The van der Waals surface area contributed by atoms with Crippen molar-refractivity contribution in [2.45, 2.75) is 39.2 Å². The molecule has 1 aliphatic heterocycles. The van der Waals surface area contributed by atoms with Gasteiger partial charge in [0, 0.05) is 22.9 Å². The first kappa shape index (κ1) is 13.1. The van der Waals surface area contributed by atoms with Crippen LogP contribution < -0.4 is 0 Å². The summed E-state index contributed by atoms with van der Waals surface area (Å²) in [5.74, 6) is 0.249. The average Bonchev–Trinajstić information content (AvgIpc) is 2.72. The number of ether oxygens (including phenoxy) is 1. The molecule has 100 valence electrons. The minimum Gasteiger partial charge on any atom is -0.492 e.